The minimum Gasteiger partial charge on any atom is -0.493 e. The van der Waals surface area contributed by atoms with Crippen molar-refractivity contribution >= 4 is 17.1 Å². The van der Waals surface area contributed by atoms with Gasteiger partial charge in [0.05, 0.1) is 11.5 Å². The number of ether oxygens (including phenoxy) is 1. The number of Topliss-reactive ketones (excluding diaryl/α,β-unsaturated/α-hetero) is 1. The summed E-state index contributed by atoms with van der Waals surface area (Å²) in [5, 5.41) is 0.893. The third kappa shape index (κ3) is 4.14. The van der Waals surface area contributed by atoms with Crippen molar-refractivity contribution in [1.29, 1.82) is 0 Å². The smallest absolute Gasteiger partial charge is 0.171 e. The molecule has 0 saturated carbocycles. The van der Waals surface area contributed by atoms with Crippen LogP contribution in [0.25, 0.3) is 10.6 Å². The van der Waals surface area contributed by atoms with E-state index in [9.17, 15) is 4.79 Å². The van der Waals surface area contributed by atoms with Crippen molar-refractivity contribution in [2.75, 3.05) is 6.61 Å². The van der Waals surface area contributed by atoms with Gasteiger partial charge in [0.1, 0.15) is 10.8 Å². The fourth-order valence-electron chi connectivity index (χ4n) is 1.89. The molecule has 0 N–H and O–H groups in total. The Balaban J connectivity index is 0.000000510. The Hall–Kier alpha value is -1.68. The Morgan fingerprint density at radius 2 is 1.95 bits per heavy atom. The molecule has 21 heavy (non-hydrogen) atoms. The maximum absolute atomic E-state index is 11.2. The van der Waals surface area contributed by atoms with Gasteiger partial charge in [0, 0.05) is 25.1 Å². The molecule has 0 saturated heterocycles. The van der Waals surface area contributed by atoms with Crippen molar-refractivity contribution in [1.82, 2.24) is 4.98 Å². The van der Waals surface area contributed by atoms with Gasteiger partial charge in [-0.2, -0.15) is 0 Å². The van der Waals surface area contributed by atoms with E-state index in [4.69, 9.17) is 4.74 Å². The Bertz CT molecular complexity index is 590. The number of hydrogen-bond acceptors (Lipinski definition) is 4. The minimum absolute atomic E-state index is 0.0678. The van der Waals surface area contributed by atoms with Gasteiger partial charge in [-0.15, -0.1) is 11.3 Å². The van der Waals surface area contributed by atoms with Crippen LogP contribution in [0, 0.1) is 0 Å². The van der Waals surface area contributed by atoms with Crippen LogP contribution >= 0.6 is 11.3 Å². The van der Waals surface area contributed by atoms with Crippen molar-refractivity contribution in [3.63, 3.8) is 0 Å². The van der Waals surface area contributed by atoms with Gasteiger partial charge in [-0.3, -0.25) is 4.79 Å². The molecule has 2 aromatic rings. The fourth-order valence-corrected chi connectivity index (χ4v) is 2.70. The van der Waals surface area contributed by atoms with Gasteiger partial charge < -0.3 is 4.74 Å². The summed E-state index contributed by atoms with van der Waals surface area (Å²) in [6, 6.07) is 6.07. The topological polar surface area (TPSA) is 39.2 Å². The van der Waals surface area contributed by atoms with Crippen LogP contribution in [-0.4, -0.2) is 17.4 Å². The molecule has 0 fully saturated rings. The van der Waals surface area contributed by atoms with Gasteiger partial charge in [-0.1, -0.05) is 27.7 Å². The summed E-state index contributed by atoms with van der Waals surface area (Å²) in [7, 11) is 0. The summed E-state index contributed by atoms with van der Waals surface area (Å²) < 4.78 is 5.46. The molecular formula is C17H23NO2S. The highest BCUT2D eigenvalue weighted by atomic mass is 32.1. The molecule has 0 radical (unpaired) electrons. The number of thiazole rings is 1. The Kier molecular flexibility index (Phi) is 7.09. The van der Waals surface area contributed by atoms with Crippen LogP contribution in [0.5, 0.6) is 5.75 Å². The zero-order chi connectivity index (χ0) is 15.8. The highest BCUT2D eigenvalue weighted by molar-refractivity contribution is 7.16. The molecule has 1 aliphatic heterocycles. The summed E-state index contributed by atoms with van der Waals surface area (Å²) in [6.45, 7) is 10.3. The predicted octanol–water partition coefficient (Wildman–Crippen LogP) is 5.00. The number of ketones is 1. The number of hydrogen-bond donors (Lipinski definition) is 0. The molecule has 2 heterocycles. The van der Waals surface area contributed by atoms with Crippen LogP contribution < -0.4 is 4.74 Å². The number of nitrogens with zero attached hydrogens (tertiary/aromatic N) is 1. The van der Waals surface area contributed by atoms with Crippen molar-refractivity contribution in [2.45, 2.75) is 41.0 Å². The van der Waals surface area contributed by atoms with E-state index in [0.717, 1.165) is 29.3 Å². The molecule has 3 nitrogen and oxygen atoms in total. The van der Waals surface area contributed by atoms with Gasteiger partial charge in [-0.25, -0.2) is 4.98 Å². The average molecular weight is 305 g/mol. The molecule has 4 heteroatoms. The van der Waals surface area contributed by atoms with Crippen molar-refractivity contribution in [3.8, 4) is 16.3 Å². The lowest BCUT2D eigenvalue weighted by Crippen LogP contribution is -1.85. The molecule has 0 unspecified atom stereocenters. The maximum atomic E-state index is 11.2. The first-order chi connectivity index (χ1) is 10.2. The van der Waals surface area contributed by atoms with Crippen molar-refractivity contribution in [2.24, 2.45) is 0 Å². The predicted molar refractivity (Wildman–Crippen MR) is 89.4 cm³/mol. The van der Waals surface area contributed by atoms with Crippen LogP contribution in [0.4, 0.5) is 0 Å². The monoisotopic (exact) mass is 305 g/mol. The van der Waals surface area contributed by atoms with Crippen LogP contribution in [0.1, 0.15) is 49.9 Å². The molecular weight excluding hydrogens is 282 g/mol. The van der Waals surface area contributed by atoms with E-state index in [2.05, 4.69) is 11.1 Å². The molecule has 0 aliphatic carbocycles. The van der Waals surface area contributed by atoms with E-state index < -0.39 is 0 Å². The quantitative estimate of drug-likeness (QED) is 0.733. The zero-order valence-electron chi connectivity index (χ0n) is 13.4. The number of aromatic nitrogens is 1. The summed E-state index contributed by atoms with van der Waals surface area (Å²) >= 11 is 1.44. The number of carbonyl (C=O) groups is 1. The highest BCUT2D eigenvalue weighted by Crippen LogP contribution is 2.32. The first kappa shape index (κ1) is 17.4. The van der Waals surface area contributed by atoms with Gasteiger partial charge in [-0.05, 0) is 23.8 Å². The Morgan fingerprint density at radius 3 is 2.57 bits per heavy atom. The van der Waals surface area contributed by atoms with E-state index in [0.29, 0.717) is 4.88 Å². The first-order valence-electron chi connectivity index (χ1n) is 7.47. The minimum atomic E-state index is 0.0678. The number of fused-ring (bicyclic) bond motifs is 1. The molecule has 1 aromatic heterocycles. The summed E-state index contributed by atoms with van der Waals surface area (Å²) in [5.41, 5.74) is 2.29. The first-order valence-corrected chi connectivity index (χ1v) is 8.28. The van der Waals surface area contributed by atoms with Crippen molar-refractivity contribution < 1.29 is 9.53 Å². The van der Waals surface area contributed by atoms with Crippen LogP contribution in [0.15, 0.2) is 24.4 Å². The largest absolute Gasteiger partial charge is 0.493 e. The van der Waals surface area contributed by atoms with E-state index >= 15 is 0 Å². The number of rotatable bonds is 2. The lowest BCUT2D eigenvalue weighted by molar-refractivity contribution is 0.102. The van der Waals surface area contributed by atoms with E-state index in [1.165, 1.54) is 16.9 Å². The SMILES string of the molecule is CC.CC.CC(=O)c1cnc(-c2ccc3c(c2)CCO3)s1. The van der Waals surface area contributed by atoms with E-state index in [1.807, 2.05) is 39.8 Å². The molecule has 0 amide bonds. The third-order valence-electron chi connectivity index (χ3n) is 2.79. The molecule has 114 valence electrons. The van der Waals surface area contributed by atoms with Crippen LogP contribution in [0.3, 0.4) is 0 Å². The Labute approximate surface area is 131 Å². The number of benzene rings is 1. The molecule has 0 spiro atoms. The highest BCUT2D eigenvalue weighted by Gasteiger charge is 2.14. The summed E-state index contributed by atoms with van der Waals surface area (Å²) in [5.74, 6) is 1.04. The summed E-state index contributed by atoms with van der Waals surface area (Å²) in [4.78, 5) is 16.2. The standard InChI is InChI=1S/C13H11NO2S.2C2H6/c1-8(15)12-7-14-13(17-12)10-2-3-11-9(6-10)4-5-16-11;2*1-2/h2-3,6-7H,4-5H2,1H3;2*1-2H3. The van der Waals surface area contributed by atoms with E-state index in [1.54, 1.807) is 13.1 Å². The second kappa shape index (κ2) is 8.57. The lowest BCUT2D eigenvalue weighted by Gasteiger charge is -2.00. The molecule has 3 rings (SSSR count). The van der Waals surface area contributed by atoms with Crippen LogP contribution in [-0.2, 0) is 6.42 Å². The molecule has 1 aliphatic rings. The second-order valence-electron chi connectivity index (χ2n) is 4.01. The molecule has 0 atom stereocenters. The zero-order valence-corrected chi connectivity index (χ0v) is 14.2. The fraction of sp³-hybridized carbons (Fsp3) is 0.412. The van der Waals surface area contributed by atoms with Gasteiger partial charge in [0.25, 0.3) is 0 Å². The second-order valence-corrected chi connectivity index (χ2v) is 5.04. The number of carbonyl (C=O) groups excluding carboxylic acids is 1. The molecule has 0 bridgehead atoms. The van der Waals surface area contributed by atoms with Gasteiger partial charge in [0.2, 0.25) is 0 Å². The third-order valence-corrected chi connectivity index (χ3v) is 3.94. The molecule has 1 aromatic carbocycles. The van der Waals surface area contributed by atoms with Crippen molar-refractivity contribution in [3.05, 3.63) is 34.8 Å². The Morgan fingerprint density at radius 1 is 1.24 bits per heavy atom. The normalized spacial score (nSPS) is 11.3. The average Bonchev–Trinajstić information content (AvgIpc) is 3.19. The summed E-state index contributed by atoms with van der Waals surface area (Å²) in [6.07, 6.45) is 2.60. The van der Waals surface area contributed by atoms with E-state index in [-0.39, 0.29) is 5.78 Å². The van der Waals surface area contributed by atoms with Gasteiger partial charge in [0.15, 0.2) is 5.78 Å². The van der Waals surface area contributed by atoms with Crippen LogP contribution in [0.2, 0.25) is 0 Å². The maximum Gasteiger partial charge on any atom is 0.171 e. The lowest BCUT2D eigenvalue weighted by atomic mass is 10.1. The van der Waals surface area contributed by atoms with Gasteiger partial charge >= 0.3 is 0 Å².